The molecule has 2 aliphatic rings. The predicted molar refractivity (Wildman–Crippen MR) is 83.5 cm³/mol. The van der Waals surface area contributed by atoms with Crippen LogP contribution in [0, 0.1) is 0 Å². The molecule has 2 fully saturated rings. The summed E-state index contributed by atoms with van der Waals surface area (Å²) in [7, 11) is 0. The van der Waals surface area contributed by atoms with Gasteiger partial charge in [0.15, 0.2) is 23.2 Å². The van der Waals surface area contributed by atoms with E-state index in [9.17, 15) is 24.9 Å². The highest BCUT2D eigenvalue weighted by atomic mass is 16.6. The average Bonchev–Trinajstić information content (AvgIpc) is 3.26. The van der Waals surface area contributed by atoms with Crippen LogP contribution in [0.3, 0.4) is 0 Å². The molecule has 0 aromatic carbocycles. The zero-order chi connectivity index (χ0) is 18.4. The van der Waals surface area contributed by atoms with Crippen LogP contribution >= 0.6 is 0 Å². The highest BCUT2D eigenvalue weighted by Gasteiger charge is 2.44. The number of aliphatic hydroxyl groups excluding tert-OH is 3. The van der Waals surface area contributed by atoms with Crippen LogP contribution in [0.4, 0.5) is 5.82 Å². The van der Waals surface area contributed by atoms with Crippen molar-refractivity contribution in [1.82, 2.24) is 24.8 Å². The van der Waals surface area contributed by atoms with Gasteiger partial charge in [0.1, 0.15) is 30.7 Å². The number of rotatable bonds is 4. The second-order valence-electron chi connectivity index (χ2n) is 6.09. The third-order valence-corrected chi connectivity index (χ3v) is 4.43. The number of amides is 2. The molecule has 0 radical (unpaired) electrons. The number of hydrogen-bond donors (Lipinski definition) is 5. The number of fused-ring (bicyclic) bond motifs is 1. The van der Waals surface area contributed by atoms with Crippen LogP contribution in [0.2, 0.25) is 0 Å². The van der Waals surface area contributed by atoms with Crippen molar-refractivity contribution in [3.8, 4) is 0 Å². The van der Waals surface area contributed by atoms with Gasteiger partial charge in [0.05, 0.1) is 19.4 Å². The molecule has 5 N–H and O–H groups in total. The van der Waals surface area contributed by atoms with Gasteiger partial charge in [-0.3, -0.25) is 19.5 Å². The number of ether oxygens (including phenoxy) is 1. The van der Waals surface area contributed by atoms with Gasteiger partial charge >= 0.3 is 0 Å². The van der Waals surface area contributed by atoms with Gasteiger partial charge in [0.2, 0.25) is 11.8 Å². The second kappa shape index (κ2) is 6.25. The topological polar surface area (TPSA) is 172 Å². The molecule has 2 aromatic rings. The van der Waals surface area contributed by atoms with Crippen molar-refractivity contribution in [2.24, 2.45) is 0 Å². The Kier molecular flexibility index (Phi) is 4.03. The summed E-state index contributed by atoms with van der Waals surface area (Å²) in [6.45, 7) is -0.450. The number of carbonyl (C=O) groups excluding carboxylic acids is 2. The monoisotopic (exact) mass is 364 g/mol. The van der Waals surface area contributed by atoms with Crippen molar-refractivity contribution < 1.29 is 29.6 Å². The first-order valence-electron chi connectivity index (χ1n) is 7.90. The molecule has 2 amide bonds. The number of carbonyl (C=O) groups is 2. The summed E-state index contributed by atoms with van der Waals surface area (Å²) in [6.07, 6.45) is -1.89. The lowest BCUT2D eigenvalue weighted by Crippen LogP contribution is -2.33. The van der Waals surface area contributed by atoms with Gasteiger partial charge in [-0.2, -0.15) is 0 Å². The Balaban J connectivity index is 1.65. The van der Waals surface area contributed by atoms with Crippen molar-refractivity contribution in [2.75, 3.05) is 11.9 Å². The lowest BCUT2D eigenvalue weighted by atomic mass is 10.1. The Bertz CT molecular complexity index is 871. The first kappa shape index (κ1) is 16.8. The molecule has 2 saturated heterocycles. The normalized spacial score (nSPS) is 31.6. The van der Waals surface area contributed by atoms with Crippen LogP contribution < -0.4 is 10.6 Å². The number of nitrogens with one attached hydrogen (secondary N) is 2. The maximum absolute atomic E-state index is 11.7. The van der Waals surface area contributed by atoms with Crippen LogP contribution in [0.15, 0.2) is 12.7 Å². The number of anilines is 1. The fourth-order valence-corrected chi connectivity index (χ4v) is 3.09. The minimum atomic E-state index is -1.28. The molecule has 12 nitrogen and oxygen atoms in total. The minimum Gasteiger partial charge on any atom is -0.394 e. The lowest BCUT2D eigenvalue weighted by Gasteiger charge is -2.16. The van der Waals surface area contributed by atoms with Crippen molar-refractivity contribution >= 4 is 28.8 Å². The lowest BCUT2D eigenvalue weighted by molar-refractivity contribution is -0.124. The summed E-state index contributed by atoms with van der Waals surface area (Å²) in [6, 6.07) is -0.764. The summed E-state index contributed by atoms with van der Waals surface area (Å²) in [5, 5.41) is 34.3. The third kappa shape index (κ3) is 2.59. The first-order chi connectivity index (χ1) is 12.5. The van der Waals surface area contributed by atoms with Gasteiger partial charge in [-0.05, 0) is 0 Å². The number of imide groups is 1. The van der Waals surface area contributed by atoms with Crippen LogP contribution in [0.5, 0.6) is 0 Å². The maximum Gasteiger partial charge on any atom is 0.249 e. The molecule has 2 aliphatic heterocycles. The van der Waals surface area contributed by atoms with E-state index < -0.39 is 43.1 Å². The molecule has 4 heterocycles. The first-order valence-corrected chi connectivity index (χ1v) is 7.90. The van der Waals surface area contributed by atoms with Crippen LogP contribution in [0.25, 0.3) is 11.2 Å². The van der Waals surface area contributed by atoms with E-state index in [-0.39, 0.29) is 18.1 Å². The zero-order valence-electron chi connectivity index (χ0n) is 13.3. The van der Waals surface area contributed by atoms with Crippen molar-refractivity contribution in [2.45, 2.75) is 37.0 Å². The Morgan fingerprint density at radius 3 is 2.73 bits per heavy atom. The number of aliphatic hydroxyl groups is 3. The van der Waals surface area contributed by atoms with E-state index in [0.29, 0.717) is 11.2 Å². The zero-order valence-corrected chi connectivity index (χ0v) is 13.3. The molecule has 0 spiro atoms. The summed E-state index contributed by atoms with van der Waals surface area (Å²) >= 11 is 0. The van der Waals surface area contributed by atoms with E-state index >= 15 is 0 Å². The average molecular weight is 364 g/mol. The van der Waals surface area contributed by atoms with Crippen molar-refractivity contribution in [3.63, 3.8) is 0 Å². The van der Waals surface area contributed by atoms with E-state index in [1.165, 1.54) is 17.2 Å². The van der Waals surface area contributed by atoms with Gasteiger partial charge in [0.25, 0.3) is 0 Å². The van der Waals surface area contributed by atoms with Crippen LogP contribution in [-0.2, 0) is 14.3 Å². The van der Waals surface area contributed by atoms with E-state index in [0.717, 1.165) is 0 Å². The Labute approximate surface area is 145 Å². The highest BCUT2D eigenvalue weighted by Crippen LogP contribution is 2.32. The molecule has 2 aromatic heterocycles. The largest absolute Gasteiger partial charge is 0.394 e. The molecule has 12 heteroatoms. The molecule has 26 heavy (non-hydrogen) atoms. The molecule has 138 valence electrons. The van der Waals surface area contributed by atoms with Gasteiger partial charge in [-0.25, -0.2) is 15.0 Å². The predicted octanol–water partition coefficient (Wildman–Crippen LogP) is -2.74. The van der Waals surface area contributed by atoms with Crippen molar-refractivity contribution in [3.05, 3.63) is 12.7 Å². The summed E-state index contributed by atoms with van der Waals surface area (Å²) in [4.78, 5) is 35.4. The third-order valence-electron chi connectivity index (χ3n) is 4.43. The summed E-state index contributed by atoms with van der Waals surface area (Å²) in [5.41, 5.74) is 0.597. The summed E-state index contributed by atoms with van der Waals surface area (Å²) in [5.74, 6) is -0.588. The van der Waals surface area contributed by atoms with E-state index in [2.05, 4.69) is 25.6 Å². The Morgan fingerprint density at radius 2 is 2.08 bits per heavy atom. The molecule has 0 bridgehead atoms. The highest BCUT2D eigenvalue weighted by molar-refractivity contribution is 6.07. The molecule has 4 rings (SSSR count). The fraction of sp³-hybridized carbons (Fsp3) is 0.500. The standard InChI is InChI=1S/C14H16N6O6/c21-2-6-9(23)10(24)14(26-6)20-4-17-8-11(15-3-16-12(8)20)18-5-1-7(22)19-13(5)25/h3-6,9-10,14,21,23-24H,1-2H2,(H,15,16,18)(H,19,22,25)/t5-,6+,9+,10+,14+/m0/s1. The van der Waals surface area contributed by atoms with Gasteiger partial charge in [-0.15, -0.1) is 0 Å². The number of hydrogen-bond acceptors (Lipinski definition) is 10. The summed E-state index contributed by atoms with van der Waals surface area (Å²) < 4.78 is 6.88. The van der Waals surface area contributed by atoms with Crippen LogP contribution in [0.1, 0.15) is 12.6 Å². The molecule has 0 saturated carbocycles. The Hall–Kier alpha value is -2.67. The number of aromatic nitrogens is 4. The molecule has 0 unspecified atom stereocenters. The molecular formula is C14H16N6O6. The Morgan fingerprint density at radius 1 is 1.27 bits per heavy atom. The van der Waals surface area contributed by atoms with Gasteiger partial charge in [-0.1, -0.05) is 0 Å². The number of nitrogens with zero attached hydrogens (tertiary/aromatic N) is 4. The second-order valence-corrected chi connectivity index (χ2v) is 6.09. The fourth-order valence-electron chi connectivity index (χ4n) is 3.09. The molecule has 0 aliphatic carbocycles. The van der Waals surface area contributed by atoms with E-state index in [1.807, 2.05) is 0 Å². The molecular weight excluding hydrogens is 348 g/mol. The smallest absolute Gasteiger partial charge is 0.249 e. The van der Waals surface area contributed by atoms with E-state index in [4.69, 9.17) is 4.74 Å². The van der Waals surface area contributed by atoms with Crippen LogP contribution in [-0.4, -0.2) is 77.6 Å². The molecule has 5 atom stereocenters. The number of imidazole rings is 1. The van der Waals surface area contributed by atoms with Gasteiger partial charge in [0, 0.05) is 0 Å². The van der Waals surface area contributed by atoms with E-state index in [1.54, 1.807) is 0 Å². The van der Waals surface area contributed by atoms with Gasteiger partial charge < -0.3 is 25.4 Å². The van der Waals surface area contributed by atoms with Crippen molar-refractivity contribution in [1.29, 1.82) is 0 Å². The SMILES string of the molecule is O=C1C[C@H](Nc2ncnc3c2ncn3[C@@H]2O[C@H](CO)[C@@H](O)[C@H]2O)C(=O)N1. The quantitative estimate of drug-likeness (QED) is 0.358. The maximum atomic E-state index is 11.7. The minimum absolute atomic E-state index is 0.0140.